The van der Waals surface area contributed by atoms with Crippen molar-refractivity contribution in [1.29, 1.82) is 0 Å². The highest BCUT2D eigenvalue weighted by molar-refractivity contribution is 7.17. The third-order valence-electron chi connectivity index (χ3n) is 3.91. The highest BCUT2D eigenvalue weighted by Crippen LogP contribution is 2.31. The van der Waals surface area contributed by atoms with Crippen LogP contribution in [-0.4, -0.2) is 16.9 Å². The summed E-state index contributed by atoms with van der Waals surface area (Å²) >= 11 is 3.19. The Morgan fingerprint density at radius 1 is 1.45 bits per heavy atom. The van der Waals surface area contributed by atoms with Crippen LogP contribution in [0.1, 0.15) is 30.6 Å². The second-order valence-corrected chi connectivity index (χ2v) is 7.70. The van der Waals surface area contributed by atoms with Gasteiger partial charge < -0.3 is 11.1 Å². The first-order chi connectivity index (χ1) is 10.1. The van der Waals surface area contributed by atoms with Crippen molar-refractivity contribution in [2.24, 2.45) is 11.7 Å². The van der Waals surface area contributed by atoms with Gasteiger partial charge in [-0.1, -0.05) is 6.42 Å². The summed E-state index contributed by atoms with van der Waals surface area (Å²) < 4.78 is 0. The average Bonchev–Trinajstić information content (AvgIpc) is 3.13. The molecule has 22 heavy (non-hydrogen) atoms. The maximum atomic E-state index is 12.1. The Morgan fingerprint density at radius 3 is 2.91 bits per heavy atom. The number of aryl methyl sites for hydroxylation is 1. The Bertz CT molecular complexity index is 640. The monoisotopic (exact) mass is 357 g/mol. The van der Waals surface area contributed by atoms with Crippen LogP contribution < -0.4 is 11.1 Å². The van der Waals surface area contributed by atoms with E-state index in [2.05, 4.69) is 29.4 Å². The Morgan fingerprint density at radius 2 is 2.27 bits per heavy atom. The van der Waals surface area contributed by atoms with E-state index in [1.165, 1.54) is 16.2 Å². The van der Waals surface area contributed by atoms with Gasteiger partial charge in [-0.3, -0.25) is 4.79 Å². The largest absolute Gasteiger partial charge is 0.327 e. The van der Waals surface area contributed by atoms with Crippen molar-refractivity contribution in [2.45, 2.75) is 38.6 Å². The van der Waals surface area contributed by atoms with Gasteiger partial charge in [-0.15, -0.1) is 35.1 Å². The molecule has 0 aromatic carbocycles. The van der Waals surface area contributed by atoms with Crippen LogP contribution in [-0.2, 0) is 4.79 Å². The number of thiazole rings is 1. The van der Waals surface area contributed by atoms with Crippen molar-refractivity contribution in [3.63, 3.8) is 0 Å². The van der Waals surface area contributed by atoms with Gasteiger partial charge in [0.2, 0.25) is 5.91 Å². The topological polar surface area (TPSA) is 68.0 Å². The molecule has 1 saturated carbocycles. The molecule has 3 N–H and O–H groups in total. The minimum Gasteiger partial charge on any atom is -0.327 e. The third kappa shape index (κ3) is 4.07. The first-order valence-electron chi connectivity index (χ1n) is 7.19. The number of amides is 1. The van der Waals surface area contributed by atoms with Crippen LogP contribution in [0.4, 0.5) is 5.13 Å². The molecule has 1 aliphatic rings. The zero-order valence-corrected chi connectivity index (χ0v) is 14.8. The van der Waals surface area contributed by atoms with Crippen molar-refractivity contribution in [1.82, 2.24) is 4.98 Å². The molecule has 4 nitrogen and oxygen atoms in total. The normalized spacial score (nSPS) is 20.6. The average molecular weight is 358 g/mol. The number of anilines is 1. The van der Waals surface area contributed by atoms with E-state index in [0.29, 0.717) is 17.5 Å². The molecule has 120 valence electrons. The molecule has 0 saturated heterocycles. The zero-order chi connectivity index (χ0) is 14.8. The third-order valence-corrected chi connectivity index (χ3v) is 5.69. The number of nitrogens with one attached hydrogen (secondary N) is 1. The van der Waals surface area contributed by atoms with E-state index >= 15 is 0 Å². The molecule has 3 rings (SSSR count). The molecule has 0 spiro atoms. The minimum absolute atomic E-state index is 0. The van der Waals surface area contributed by atoms with E-state index in [0.717, 1.165) is 29.8 Å². The van der Waals surface area contributed by atoms with Crippen molar-refractivity contribution in [3.05, 3.63) is 22.4 Å². The van der Waals surface area contributed by atoms with Gasteiger partial charge in [0.1, 0.15) is 0 Å². The minimum atomic E-state index is 0. The summed E-state index contributed by atoms with van der Waals surface area (Å²) in [5.74, 6) is 0.352. The van der Waals surface area contributed by atoms with Crippen molar-refractivity contribution in [2.75, 3.05) is 5.32 Å². The van der Waals surface area contributed by atoms with Gasteiger partial charge in [0.15, 0.2) is 5.13 Å². The number of rotatable bonds is 4. The summed E-state index contributed by atoms with van der Waals surface area (Å²) in [6, 6.07) is 4.33. The summed E-state index contributed by atoms with van der Waals surface area (Å²) in [6.45, 7) is 2.08. The molecule has 0 unspecified atom stereocenters. The van der Waals surface area contributed by atoms with Crippen LogP contribution in [0, 0.1) is 12.8 Å². The molecule has 2 heterocycles. The molecule has 2 atom stereocenters. The van der Waals surface area contributed by atoms with E-state index in [9.17, 15) is 4.79 Å². The molecule has 2 aromatic heterocycles. The lowest BCUT2D eigenvalue weighted by Gasteiger charge is -2.13. The lowest BCUT2D eigenvalue weighted by Crippen LogP contribution is -2.28. The van der Waals surface area contributed by atoms with Crippen LogP contribution in [0.2, 0.25) is 0 Å². The fraction of sp³-hybridized carbons (Fsp3) is 0.467. The highest BCUT2D eigenvalue weighted by atomic mass is 35.5. The fourth-order valence-electron chi connectivity index (χ4n) is 2.74. The Balaban J connectivity index is 0.00000176. The summed E-state index contributed by atoms with van der Waals surface area (Å²) in [5, 5.41) is 5.57. The predicted octanol–water partition coefficient (Wildman–Crippen LogP) is 4.06. The predicted molar refractivity (Wildman–Crippen MR) is 96.0 cm³/mol. The first kappa shape index (κ1) is 17.4. The van der Waals surface area contributed by atoms with Crippen LogP contribution >= 0.6 is 35.1 Å². The first-order valence-corrected chi connectivity index (χ1v) is 8.89. The van der Waals surface area contributed by atoms with E-state index in [4.69, 9.17) is 5.73 Å². The number of nitrogens with two attached hydrogens (primary N) is 1. The molecule has 1 aliphatic carbocycles. The number of hydrogen-bond acceptors (Lipinski definition) is 5. The molecule has 7 heteroatoms. The summed E-state index contributed by atoms with van der Waals surface area (Å²) in [4.78, 5) is 19.0. The lowest BCUT2D eigenvalue weighted by molar-refractivity contribution is -0.117. The smallest absolute Gasteiger partial charge is 0.226 e. The van der Waals surface area contributed by atoms with Gasteiger partial charge in [0.05, 0.1) is 10.6 Å². The van der Waals surface area contributed by atoms with Crippen LogP contribution in [0.3, 0.4) is 0 Å². The maximum Gasteiger partial charge on any atom is 0.226 e. The summed E-state index contributed by atoms with van der Waals surface area (Å²) in [7, 11) is 0. The number of hydrogen-bond donors (Lipinski definition) is 2. The second-order valence-electron chi connectivity index (χ2n) is 5.56. The number of aromatic nitrogens is 1. The maximum absolute atomic E-state index is 12.1. The number of halogens is 1. The fourth-order valence-corrected chi connectivity index (χ4v) is 4.37. The molecular weight excluding hydrogens is 338 g/mol. The van der Waals surface area contributed by atoms with Gasteiger partial charge in [-0.25, -0.2) is 4.98 Å². The number of nitrogens with zero attached hydrogens (tertiary/aromatic N) is 1. The van der Waals surface area contributed by atoms with Gasteiger partial charge >= 0.3 is 0 Å². The molecule has 1 fully saturated rings. The van der Waals surface area contributed by atoms with E-state index in [1.807, 2.05) is 5.38 Å². The van der Waals surface area contributed by atoms with Crippen molar-refractivity contribution < 1.29 is 4.79 Å². The molecular formula is C15H20ClN3OS2. The molecule has 0 bridgehead atoms. The number of carbonyl (C=O) groups excluding carboxylic acids is 1. The van der Waals surface area contributed by atoms with Crippen LogP contribution in [0.25, 0.3) is 10.6 Å². The van der Waals surface area contributed by atoms with Gasteiger partial charge in [0.25, 0.3) is 0 Å². The van der Waals surface area contributed by atoms with Gasteiger partial charge in [0, 0.05) is 22.7 Å². The number of thiophene rings is 1. The molecule has 0 radical (unpaired) electrons. The zero-order valence-electron chi connectivity index (χ0n) is 12.4. The van der Waals surface area contributed by atoms with E-state index < -0.39 is 0 Å². The Kier molecular flexibility index (Phi) is 5.97. The molecule has 0 aliphatic heterocycles. The Hall–Kier alpha value is -0.950. The van der Waals surface area contributed by atoms with Gasteiger partial charge in [-0.05, 0) is 37.8 Å². The standard InChI is InChI=1S/C15H19N3OS2.ClH/c1-9-5-6-13(21-9)12-8-20-15(17-12)18-14(19)7-10-3-2-4-11(10)16;/h5-6,8,10-11H,2-4,7,16H2,1H3,(H,17,18,19);1H/t10-,11+;/m0./s1. The number of carbonyl (C=O) groups is 1. The molecule has 1 amide bonds. The van der Waals surface area contributed by atoms with Crippen LogP contribution in [0.15, 0.2) is 17.5 Å². The lowest BCUT2D eigenvalue weighted by atomic mass is 10.00. The summed E-state index contributed by atoms with van der Waals surface area (Å²) in [6.07, 6.45) is 3.75. The van der Waals surface area contributed by atoms with E-state index in [1.54, 1.807) is 11.3 Å². The van der Waals surface area contributed by atoms with Crippen molar-refractivity contribution >= 4 is 46.1 Å². The van der Waals surface area contributed by atoms with Crippen molar-refractivity contribution in [3.8, 4) is 10.6 Å². The summed E-state index contributed by atoms with van der Waals surface area (Å²) in [5.41, 5.74) is 6.95. The SMILES string of the molecule is Cc1ccc(-c2csc(NC(=O)C[C@@H]3CCC[C@H]3N)n2)s1.Cl. The van der Waals surface area contributed by atoms with Gasteiger partial charge in [-0.2, -0.15) is 0 Å². The van der Waals surface area contributed by atoms with E-state index in [-0.39, 0.29) is 24.4 Å². The highest BCUT2D eigenvalue weighted by Gasteiger charge is 2.26. The Labute approximate surface area is 144 Å². The molecule has 2 aromatic rings. The second kappa shape index (κ2) is 7.55. The van der Waals surface area contributed by atoms with Crippen LogP contribution in [0.5, 0.6) is 0 Å². The quantitative estimate of drug-likeness (QED) is 0.867.